The molecule has 2 aromatic heterocycles. The Balaban J connectivity index is 0.000000356. The van der Waals surface area contributed by atoms with Crippen molar-refractivity contribution < 1.29 is 24.2 Å². The number of ether oxygens (including phenoxy) is 2. The zero-order valence-electron chi connectivity index (χ0n) is 20.9. The van der Waals surface area contributed by atoms with E-state index in [9.17, 15) is 14.9 Å². The van der Waals surface area contributed by atoms with E-state index < -0.39 is 17.8 Å². The van der Waals surface area contributed by atoms with E-state index in [-0.39, 0.29) is 5.56 Å². The zero-order valence-corrected chi connectivity index (χ0v) is 20.9. The number of hydrogen-bond acceptors (Lipinski definition) is 8. The number of aromatic carboxylic acids is 1. The van der Waals surface area contributed by atoms with Crippen LogP contribution in [0, 0.1) is 18.3 Å². The number of carbonyl (C=O) groups excluding carboxylic acids is 1. The smallest absolute Gasteiger partial charge is 0.337 e. The van der Waals surface area contributed by atoms with Gasteiger partial charge in [-0.25, -0.2) is 9.78 Å². The predicted octanol–water partition coefficient (Wildman–Crippen LogP) is 3.77. The topological polar surface area (TPSA) is 160 Å². The number of nitrogens with two attached hydrogens (primary N) is 1. The van der Waals surface area contributed by atoms with Crippen LogP contribution in [0.4, 0.5) is 5.69 Å². The Morgan fingerprint density at radius 2 is 2.00 bits per heavy atom. The number of carbonyl (C=O) groups is 2. The van der Waals surface area contributed by atoms with Gasteiger partial charge in [-0.3, -0.25) is 9.78 Å². The average molecular weight is 502 g/mol. The summed E-state index contributed by atoms with van der Waals surface area (Å²) in [6.45, 7) is 6.04. The molecule has 0 bridgehead atoms. The van der Waals surface area contributed by atoms with Crippen molar-refractivity contribution in [3.05, 3.63) is 88.0 Å². The highest BCUT2D eigenvalue weighted by atomic mass is 16.5. The molecule has 1 atom stereocenters. The second kappa shape index (κ2) is 11.7. The third kappa shape index (κ3) is 5.67. The second-order valence-corrected chi connectivity index (χ2v) is 8.04. The molecule has 0 saturated heterocycles. The fourth-order valence-electron chi connectivity index (χ4n) is 4.06. The summed E-state index contributed by atoms with van der Waals surface area (Å²) in [5.41, 5.74) is 10.7. The molecular weight excluding hydrogens is 474 g/mol. The van der Waals surface area contributed by atoms with E-state index in [0.29, 0.717) is 40.6 Å². The highest BCUT2D eigenvalue weighted by Crippen LogP contribution is 2.48. The first-order chi connectivity index (χ1) is 17.7. The van der Waals surface area contributed by atoms with E-state index in [4.69, 9.17) is 20.3 Å². The molecule has 10 nitrogen and oxygen atoms in total. The van der Waals surface area contributed by atoms with Crippen LogP contribution in [-0.2, 0) is 4.79 Å². The van der Waals surface area contributed by atoms with Crippen molar-refractivity contribution in [2.75, 3.05) is 19.0 Å². The highest BCUT2D eigenvalue weighted by Gasteiger charge is 2.36. The maximum absolute atomic E-state index is 12.4. The molecule has 0 unspecified atom stereocenters. The lowest BCUT2D eigenvalue weighted by atomic mass is 9.79. The lowest BCUT2D eigenvalue weighted by molar-refractivity contribution is -0.114. The number of amides is 1. The lowest BCUT2D eigenvalue weighted by Gasteiger charge is -2.32. The number of anilines is 1. The first-order valence-electron chi connectivity index (χ1n) is 11.3. The molecule has 37 heavy (non-hydrogen) atoms. The summed E-state index contributed by atoms with van der Waals surface area (Å²) in [5.74, 6) is -1.10. The molecule has 1 aliphatic rings. The Kier molecular flexibility index (Phi) is 8.43. The number of rotatable bonds is 6. The number of nitrogens with zero attached hydrogens (tertiary/aromatic N) is 3. The molecule has 190 valence electrons. The van der Waals surface area contributed by atoms with Gasteiger partial charge in [0.05, 0.1) is 48.1 Å². The van der Waals surface area contributed by atoms with Crippen LogP contribution < -0.4 is 20.5 Å². The summed E-state index contributed by atoms with van der Waals surface area (Å²) in [4.78, 5) is 30.6. The average Bonchev–Trinajstić information content (AvgIpc) is 2.90. The van der Waals surface area contributed by atoms with Crippen LogP contribution in [0.1, 0.15) is 52.4 Å². The van der Waals surface area contributed by atoms with Crippen molar-refractivity contribution in [2.45, 2.75) is 26.7 Å². The lowest BCUT2D eigenvalue weighted by Crippen LogP contribution is -2.28. The predicted molar refractivity (Wildman–Crippen MR) is 136 cm³/mol. The zero-order chi connectivity index (χ0) is 27.1. The Labute approximate surface area is 214 Å². The summed E-state index contributed by atoms with van der Waals surface area (Å²) in [6, 6.07) is 10.3. The Hall–Kier alpha value is -4.91. The van der Waals surface area contributed by atoms with E-state index in [2.05, 4.69) is 21.4 Å². The fraction of sp³-hybridized carbons (Fsp3) is 0.222. The minimum Gasteiger partial charge on any atom is -0.496 e. The number of pyridine rings is 2. The van der Waals surface area contributed by atoms with Crippen molar-refractivity contribution in [1.29, 1.82) is 5.26 Å². The largest absolute Gasteiger partial charge is 0.496 e. The third-order valence-corrected chi connectivity index (χ3v) is 5.69. The van der Waals surface area contributed by atoms with Gasteiger partial charge in [-0.2, -0.15) is 5.26 Å². The molecule has 3 heterocycles. The van der Waals surface area contributed by atoms with Crippen LogP contribution in [0.3, 0.4) is 0 Å². The first-order valence-corrected chi connectivity index (χ1v) is 11.3. The van der Waals surface area contributed by atoms with E-state index in [1.54, 1.807) is 30.5 Å². The number of allylic oxidation sites excluding steroid dienone is 1. The van der Waals surface area contributed by atoms with E-state index in [0.717, 1.165) is 16.8 Å². The SMILES string of the molecule is CCOc1ncc(C)c2c1[C@H](c1ccc(C#N)cc1OC)C(C(N)=O)=C(C)N2.O=C(O)c1cccnc1. The van der Waals surface area contributed by atoms with Gasteiger partial charge in [0.2, 0.25) is 11.8 Å². The molecule has 1 aromatic carbocycles. The van der Waals surface area contributed by atoms with Crippen LogP contribution in [-0.4, -0.2) is 40.7 Å². The molecule has 0 spiro atoms. The monoisotopic (exact) mass is 501 g/mol. The number of methoxy groups -OCH3 is 1. The van der Waals surface area contributed by atoms with Crippen molar-refractivity contribution in [3.63, 3.8) is 0 Å². The van der Waals surface area contributed by atoms with Gasteiger partial charge in [-0.05, 0) is 50.6 Å². The number of fused-ring (bicyclic) bond motifs is 1. The Morgan fingerprint density at radius 1 is 1.24 bits per heavy atom. The molecule has 3 aromatic rings. The minimum absolute atomic E-state index is 0.220. The van der Waals surface area contributed by atoms with Crippen LogP contribution in [0.5, 0.6) is 11.6 Å². The fourth-order valence-corrected chi connectivity index (χ4v) is 4.06. The minimum atomic E-state index is -0.942. The maximum Gasteiger partial charge on any atom is 0.337 e. The molecule has 1 aliphatic heterocycles. The number of hydrogen-bond donors (Lipinski definition) is 3. The molecule has 4 rings (SSSR count). The maximum atomic E-state index is 12.4. The van der Waals surface area contributed by atoms with Gasteiger partial charge >= 0.3 is 5.97 Å². The summed E-state index contributed by atoms with van der Waals surface area (Å²) < 4.78 is 11.3. The molecule has 10 heteroatoms. The third-order valence-electron chi connectivity index (χ3n) is 5.69. The quantitative estimate of drug-likeness (QED) is 0.457. The summed E-state index contributed by atoms with van der Waals surface area (Å²) in [6.07, 6.45) is 4.57. The Morgan fingerprint density at radius 3 is 2.54 bits per heavy atom. The van der Waals surface area contributed by atoms with Crippen LogP contribution in [0.25, 0.3) is 0 Å². The van der Waals surface area contributed by atoms with Gasteiger partial charge in [-0.15, -0.1) is 0 Å². The van der Waals surface area contributed by atoms with Gasteiger partial charge in [0, 0.05) is 35.4 Å². The number of aryl methyl sites for hydroxylation is 1. The Bertz CT molecular complexity index is 1400. The number of benzene rings is 1. The number of primary amides is 1. The number of carboxylic acid groups (broad SMARTS) is 1. The van der Waals surface area contributed by atoms with E-state index >= 15 is 0 Å². The first kappa shape index (κ1) is 26.7. The van der Waals surface area contributed by atoms with Gasteiger partial charge < -0.3 is 25.6 Å². The van der Waals surface area contributed by atoms with Gasteiger partial charge in [0.25, 0.3) is 0 Å². The van der Waals surface area contributed by atoms with E-state index in [1.165, 1.54) is 25.6 Å². The second-order valence-electron chi connectivity index (χ2n) is 8.04. The summed E-state index contributed by atoms with van der Waals surface area (Å²) in [7, 11) is 1.53. The van der Waals surface area contributed by atoms with Crippen molar-refractivity contribution in [2.24, 2.45) is 5.73 Å². The van der Waals surface area contributed by atoms with Gasteiger partial charge in [-0.1, -0.05) is 6.07 Å². The number of nitriles is 1. The molecule has 4 N–H and O–H groups in total. The van der Waals surface area contributed by atoms with Crippen LogP contribution in [0.15, 0.2) is 60.2 Å². The number of nitrogens with one attached hydrogen (secondary N) is 1. The summed E-state index contributed by atoms with van der Waals surface area (Å²) >= 11 is 0. The molecule has 0 fully saturated rings. The molecule has 0 aliphatic carbocycles. The van der Waals surface area contributed by atoms with Crippen LogP contribution in [0.2, 0.25) is 0 Å². The van der Waals surface area contributed by atoms with Crippen molar-refractivity contribution >= 4 is 17.6 Å². The standard InChI is InChI=1S/C21H22N4O3.C6H5NO2/c1-5-28-21-18-17(14-7-6-13(9-22)8-15(14)27-4)16(20(23)26)12(3)25-19(18)11(2)10-24-21;8-6(9)5-2-1-3-7-4-5/h6-8,10,17,25H,5H2,1-4H3,(H2,23,26);1-4H,(H,8,9)/t17-;/m1./s1. The highest BCUT2D eigenvalue weighted by molar-refractivity contribution is 5.98. The molecular formula is C27H27N5O5. The molecule has 0 radical (unpaired) electrons. The number of aromatic nitrogens is 2. The van der Waals surface area contributed by atoms with Crippen LogP contribution >= 0.6 is 0 Å². The molecule has 1 amide bonds. The van der Waals surface area contributed by atoms with Gasteiger partial charge in [0.1, 0.15) is 5.75 Å². The molecule has 0 saturated carbocycles. The summed E-state index contributed by atoms with van der Waals surface area (Å²) in [5, 5.41) is 20.8. The number of carboxylic acids is 1. The van der Waals surface area contributed by atoms with Crippen molar-refractivity contribution in [1.82, 2.24) is 9.97 Å². The van der Waals surface area contributed by atoms with Gasteiger partial charge in [0.15, 0.2) is 0 Å². The van der Waals surface area contributed by atoms with E-state index in [1.807, 2.05) is 20.8 Å². The van der Waals surface area contributed by atoms with Crippen molar-refractivity contribution in [3.8, 4) is 17.7 Å². The normalized spacial score (nSPS) is 13.8.